The summed E-state index contributed by atoms with van der Waals surface area (Å²) in [6.07, 6.45) is 1.88. The van der Waals surface area contributed by atoms with Gasteiger partial charge in [-0.25, -0.2) is 0 Å². The maximum absolute atomic E-state index is 13.3. The molecule has 1 unspecified atom stereocenters. The Labute approximate surface area is 169 Å². The van der Waals surface area contributed by atoms with Gasteiger partial charge in [-0.1, -0.05) is 54.1 Å². The van der Waals surface area contributed by atoms with Gasteiger partial charge in [-0.15, -0.1) is 0 Å². The second kappa shape index (κ2) is 8.17. The molecule has 0 aliphatic carbocycles. The fraction of sp³-hybridized carbons (Fsp3) is 0.273. The van der Waals surface area contributed by atoms with E-state index in [0.29, 0.717) is 42.5 Å². The summed E-state index contributed by atoms with van der Waals surface area (Å²) in [5.74, 6) is -0.0144. The van der Waals surface area contributed by atoms with Gasteiger partial charge in [0.2, 0.25) is 0 Å². The number of hydrogen-bond acceptors (Lipinski definition) is 3. The van der Waals surface area contributed by atoms with E-state index in [2.05, 4.69) is 12.1 Å². The molecule has 1 aliphatic rings. The van der Waals surface area contributed by atoms with Crippen molar-refractivity contribution in [2.75, 3.05) is 19.7 Å². The highest BCUT2D eigenvalue weighted by Crippen LogP contribution is 2.26. The highest BCUT2D eigenvalue weighted by atomic mass is 35.5. The lowest BCUT2D eigenvalue weighted by Gasteiger charge is -2.31. The normalized spacial score (nSPS) is 16.9. The molecule has 1 aromatic heterocycles. The number of carbonyl (C=O) groups is 1. The van der Waals surface area contributed by atoms with Crippen LogP contribution in [0.15, 0.2) is 60.8 Å². The van der Waals surface area contributed by atoms with Crippen LogP contribution in [0.4, 0.5) is 0 Å². The highest BCUT2D eigenvalue weighted by molar-refractivity contribution is 6.30. The lowest BCUT2D eigenvalue weighted by Crippen LogP contribution is -2.44. The molecule has 2 heterocycles. The Kier molecular flexibility index (Phi) is 5.46. The Morgan fingerprint density at radius 1 is 1.18 bits per heavy atom. The molecular formula is C22H22ClN3O2. The number of benzene rings is 2. The van der Waals surface area contributed by atoms with Crippen LogP contribution in [-0.4, -0.2) is 46.4 Å². The van der Waals surface area contributed by atoms with E-state index in [9.17, 15) is 4.79 Å². The Hall–Kier alpha value is -2.63. The SMILES string of the molecule is CC1CN(C(=O)c2cn(Cc3ccccc3)nc2-c2ccc(Cl)cc2)CCO1. The van der Waals surface area contributed by atoms with Crippen molar-refractivity contribution in [1.29, 1.82) is 0 Å². The summed E-state index contributed by atoms with van der Waals surface area (Å²) in [4.78, 5) is 15.1. The van der Waals surface area contributed by atoms with E-state index in [-0.39, 0.29) is 12.0 Å². The zero-order valence-corrected chi connectivity index (χ0v) is 16.5. The monoisotopic (exact) mass is 395 g/mol. The molecule has 0 N–H and O–H groups in total. The van der Waals surface area contributed by atoms with Gasteiger partial charge in [-0.3, -0.25) is 9.48 Å². The average Bonchev–Trinajstić information content (AvgIpc) is 3.12. The maximum atomic E-state index is 13.3. The first kappa shape index (κ1) is 18.7. The van der Waals surface area contributed by atoms with Gasteiger partial charge in [0.25, 0.3) is 5.91 Å². The van der Waals surface area contributed by atoms with Gasteiger partial charge in [-0.05, 0) is 24.6 Å². The fourth-order valence-electron chi connectivity index (χ4n) is 3.42. The van der Waals surface area contributed by atoms with Crippen LogP contribution in [0.2, 0.25) is 5.02 Å². The first-order valence-corrected chi connectivity index (χ1v) is 9.76. The standard InChI is InChI=1S/C22H22ClN3O2/c1-16-13-25(11-12-28-16)22(27)20-15-26(14-17-5-3-2-4-6-17)24-21(20)18-7-9-19(23)10-8-18/h2-10,15-16H,11-14H2,1H3. The largest absolute Gasteiger partial charge is 0.375 e. The Morgan fingerprint density at radius 2 is 1.93 bits per heavy atom. The Bertz CT molecular complexity index is 954. The molecule has 2 aromatic carbocycles. The molecule has 3 aromatic rings. The lowest BCUT2D eigenvalue weighted by molar-refractivity contribution is -0.0123. The minimum absolute atomic E-state index is 0.0144. The van der Waals surface area contributed by atoms with Crippen molar-refractivity contribution in [3.8, 4) is 11.3 Å². The second-order valence-corrected chi connectivity index (χ2v) is 7.45. The maximum Gasteiger partial charge on any atom is 0.257 e. The molecule has 6 heteroatoms. The Balaban J connectivity index is 1.70. The minimum atomic E-state index is -0.0144. The van der Waals surface area contributed by atoms with Crippen LogP contribution in [0.1, 0.15) is 22.8 Å². The lowest BCUT2D eigenvalue weighted by atomic mass is 10.1. The number of amides is 1. The van der Waals surface area contributed by atoms with E-state index < -0.39 is 0 Å². The third-order valence-electron chi connectivity index (χ3n) is 4.83. The Morgan fingerprint density at radius 3 is 2.64 bits per heavy atom. The van der Waals surface area contributed by atoms with Crippen LogP contribution < -0.4 is 0 Å². The summed E-state index contributed by atoms with van der Waals surface area (Å²) in [6.45, 7) is 4.32. The molecule has 1 fully saturated rings. The number of ether oxygens (including phenoxy) is 1. The number of halogens is 1. The molecule has 28 heavy (non-hydrogen) atoms. The van der Waals surface area contributed by atoms with Gasteiger partial charge < -0.3 is 9.64 Å². The summed E-state index contributed by atoms with van der Waals surface area (Å²) in [5, 5.41) is 5.39. The van der Waals surface area contributed by atoms with Crippen molar-refractivity contribution in [2.45, 2.75) is 19.6 Å². The van der Waals surface area contributed by atoms with Gasteiger partial charge in [0, 0.05) is 29.9 Å². The molecule has 0 saturated carbocycles. The first-order chi connectivity index (χ1) is 13.6. The quantitative estimate of drug-likeness (QED) is 0.667. The highest BCUT2D eigenvalue weighted by Gasteiger charge is 2.26. The summed E-state index contributed by atoms with van der Waals surface area (Å²) < 4.78 is 7.41. The van der Waals surface area contributed by atoms with Gasteiger partial charge in [0.05, 0.1) is 24.8 Å². The van der Waals surface area contributed by atoms with E-state index in [1.54, 1.807) is 0 Å². The van der Waals surface area contributed by atoms with E-state index in [1.165, 1.54) is 0 Å². The zero-order chi connectivity index (χ0) is 19.5. The van der Waals surface area contributed by atoms with E-state index in [4.69, 9.17) is 21.4 Å². The predicted octanol–water partition coefficient (Wildman–Crippen LogP) is 4.11. The van der Waals surface area contributed by atoms with Crippen molar-refractivity contribution >= 4 is 17.5 Å². The van der Waals surface area contributed by atoms with Gasteiger partial charge in [0.1, 0.15) is 5.69 Å². The number of morpholine rings is 1. The van der Waals surface area contributed by atoms with Gasteiger partial charge >= 0.3 is 0 Å². The molecule has 0 spiro atoms. The number of rotatable bonds is 4. The molecular weight excluding hydrogens is 374 g/mol. The van der Waals surface area contributed by atoms with E-state index in [0.717, 1.165) is 11.1 Å². The van der Waals surface area contributed by atoms with Crippen LogP contribution in [0.5, 0.6) is 0 Å². The predicted molar refractivity (Wildman–Crippen MR) is 110 cm³/mol. The van der Waals surface area contributed by atoms with Crippen LogP contribution >= 0.6 is 11.6 Å². The molecule has 1 atom stereocenters. The summed E-state index contributed by atoms with van der Waals surface area (Å²) in [5.41, 5.74) is 3.29. The van der Waals surface area contributed by atoms with Gasteiger partial charge in [0.15, 0.2) is 0 Å². The molecule has 0 radical (unpaired) electrons. The minimum Gasteiger partial charge on any atom is -0.375 e. The topological polar surface area (TPSA) is 47.4 Å². The average molecular weight is 396 g/mol. The summed E-state index contributed by atoms with van der Waals surface area (Å²) in [7, 11) is 0. The van der Waals surface area contributed by atoms with Crippen LogP contribution in [0.3, 0.4) is 0 Å². The van der Waals surface area contributed by atoms with E-state index in [1.807, 2.05) is 65.2 Å². The summed E-state index contributed by atoms with van der Waals surface area (Å²) in [6, 6.07) is 17.5. The smallest absolute Gasteiger partial charge is 0.257 e. The number of hydrogen-bond donors (Lipinski definition) is 0. The molecule has 1 saturated heterocycles. The molecule has 5 nitrogen and oxygen atoms in total. The summed E-state index contributed by atoms with van der Waals surface area (Å²) >= 11 is 6.04. The van der Waals surface area contributed by atoms with Crippen molar-refractivity contribution in [2.24, 2.45) is 0 Å². The molecule has 0 bridgehead atoms. The molecule has 1 aliphatic heterocycles. The fourth-order valence-corrected chi connectivity index (χ4v) is 3.55. The third-order valence-corrected chi connectivity index (χ3v) is 5.08. The number of nitrogens with zero attached hydrogens (tertiary/aromatic N) is 3. The number of carbonyl (C=O) groups excluding carboxylic acids is 1. The van der Waals surface area contributed by atoms with E-state index >= 15 is 0 Å². The van der Waals surface area contributed by atoms with Crippen molar-refractivity contribution in [3.63, 3.8) is 0 Å². The second-order valence-electron chi connectivity index (χ2n) is 7.01. The molecule has 4 rings (SSSR count). The zero-order valence-electron chi connectivity index (χ0n) is 15.7. The van der Waals surface area contributed by atoms with Crippen molar-refractivity contribution in [3.05, 3.63) is 76.9 Å². The van der Waals surface area contributed by atoms with Crippen LogP contribution in [0.25, 0.3) is 11.3 Å². The molecule has 1 amide bonds. The van der Waals surface area contributed by atoms with Crippen LogP contribution in [-0.2, 0) is 11.3 Å². The first-order valence-electron chi connectivity index (χ1n) is 9.38. The molecule has 144 valence electrons. The van der Waals surface area contributed by atoms with Crippen molar-refractivity contribution in [1.82, 2.24) is 14.7 Å². The van der Waals surface area contributed by atoms with Gasteiger partial charge in [-0.2, -0.15) is 5.10 Å². The van der Waals surface area contributed by atoms with Crippen molar-refractivity contribution < 1.29 is 9.53 Å². The number of aromatic nitrogens is 2. The third kappa shape index (κ3) is 4.11. The van der Waals surface area contributed by atoms with Crippen LogP contribution in [0, 0.1) is 0 Å².